The van der Waals surface area contributed by atoms with Crippen molar-refractivity contribution in [2.24, 2.45) is 5.92 Å². The molecule has 0 spiro atoms. The van der Waals surface area contributed by atoms with E-state index in [0.717, 1.165) is 5.56 Å². The summed E-state index contributed by atoms with van der Waals surface area (Å²) in [5.74, 6) is -0.937. The Morgan fingerprint density at radius 1 is 1.10 bits per heavy atom. The Bertz CT molecular complexity index is 869. The molecule has 1 saturated heterocycles. The first-order valence-electron chi connectivity index (χ1n) is 9.58. The molecule has 1 atom stereocenters. The summed E-state index contributed by atoms with van der Waals surface area (Å²) in [6, 6.07) is 16.5. The van der Waals surface area contributed by atoms with Crippen molar-refractivity contribution in [2.75, 3.05) is 24.6 Å². The number of anilines is 1. The topological polar surface area (TPSA) is 84.9 Å². The predicted molar refractivity (Wildman–Crippen MR) is 107 cm³/mol. The maximum absolute atomic E-state index is 12.4. The number of para-hydroxylation sites is 2. The number of hydrogen-bond donors (Lipinski definition) is 1. The zero-order chi connectivity index (χ0) is 20.6. The van der Waals surface area contributed by atoms with Crippen LogP contribution in [0.3, 0.4) is 0 Å². The summed E-state index contributed by atoms with van der Waals surface area (Å²) in [5.41, 5.74) is 1.52. The molecule has 29 heavy (non-hydrogen) atoms. The smallest absolute Gasteiger partial charge is 0.325 e. The molecule has 0 aromatic heterocycles. The lowest BCUT2D eigenvalue weighted by atomic mass is 10.1. The number of carbonyl (C=O) groups is 3. The summed E-state index contributed by atoms with van der Waals surface area (Å²) < 4.78 is 10.7. The molecule has 1 N–H and O–H groups in total. The van der Waals surface area contributed by atoms with Gasteiger partial charge in [0.05, 0.1) is 18.2 Å². The number of benzene rings is 2. The van der Waals surface area contributed by atoms with E-state index >= 15 is 0 Å². The highest BCUT2D eigenvalue weighted by Gasteiger charge is 2.36. The number of esters is 1. The number of nitrogens with zero attached hydrogens (tertiary/aromatic N) is 1. The zero-order valence-corrected chi connectivity index (χ0v) is 16.3. The second-order valence-corrected chi connectivity index (χ2v) is 6.67. The molecule has 0 unspecified atom stereocenters. The van der Waals surface area contributed by atoms with Crippen LogP contribution in [0.1, 0.15) is 18.9 Å². The molecule has 7 heteroatoms. The van der Waals surface area contributed by atoms with Crippen LogP contribution in [0.2, 0.25) is 0 Å². The minimum Gasteiger partial charge on any atom is -0.492 e. The SMILES string of the molecule is CCOc1ccccc1N1C[C@H](C(=O)NCC(=O)OCc2ccccc2)CC1=O. The van der Waals surface area contributed by atoms with Gasteiger partial charge < -0.3 is 19.7 Å². The lowest BCUT2D eigenvalue weighted by Gasteiger charge is -2.20. The number of amides is 2. The molecule has 1 heterocycles. The molecule has 7 nitrogen and oxygen atoms in total. The normalized spacial score (nSPS) is 15.8. The Hall–Kier alpha value is -3.35. The highest BCUT2D eigenvalue weighted by molar-refractivity contribution is 6.01. The summed E-state index contributed by atoms with van der Waals surface area (Å²) in [7, 11) is 0. The van der Waals surface area contributed by atoms with Crippen LogP contribution in [0, 0.1) is 5.92 Å². The highest BCUT2D eigenvalue weighted by Crippen LogP contribution is 2.33. The van der Waals surface area contributed by atoms with Crippen LogP contribution in [0.25, 0.3) is 0 Å². The second kappa shape index (κ2) is 9.73. The largest absolute Gasteiger partial charge is 0.492 e. The van der Waals surface area contributed by atoms with E-state index in [9.17, 15) is 14.4 Å². The van der Waals surface area contributed by atoms with Gasteiger partial charge >= 0.3 is 5.97 Å². The van der Waals surface area contributed by atoms with Gasteiger partial charge in [-0.15, -0.1) is 0 Å². The third kappa shape index (κ3) is 5.34. The fraction of sp³-hybridized carbons (Fsp3) is 0.318. The average Bonchev–Trinajstić information content (AvgIpc) is 3.13. The van der Waals surface area contributed by atoms with E-state index in [1.165, 1.54) is 0 Å². The summed E-state index contributed by atoms with van der Waals surface area (Å²) in [6.45, 7) is 2.52. The van der Waals surface area contributed by atoms with Crippen molar-refractivity contribution in [2.45, 2.75) is 20.0 Å². The first kappa shape index (κ1) is 20.4. The van der Waals surface area contributed by atoms with Crippen molar-refractivity contribution in [3.63, 3.8) is 0 Å². The number of ether oxygens (including phenoxy) is 2. The van der Waals surface area contributed by atoms with Crippen molar-refractivity contribution in [3.05, 3.63) is 60.2 Å². The Morgan fingerprint density at radius 2 is 1.83 bits per heavy atom. The van der Waals surface area contributed by atoms with Gasteiger partial charge in [-0.3, -0.25) is 14.4 Å². The van der Waals surface area contributed by atoms with Gasteiger partial charge in [-0.05, 0) is 24.6 Å². The number of rotatable bonds is 8. The van der Waals surface area contributed by atoms with Crippen LogP contribution in [-0.4, -0.2) is 37.5 Å². The molecule has 0 bridgehead atoms. The lowest BCUT2D eigenvalue weighted by molar-refractivity contribution is -0.145. The van der Waals surface area contributed by atoms with Crippen LogP contribution < -0.4 is 15.0 Å². The third-order valence-corrected chi connectivity index (χ3v) is 4.60. The van der Waals surface area contributed by atoms with Gasteiger partial charge in [0.1, 0.15) is 18.9 Å². The summed E-state index contributed by atoms with van der Waals surface area (Å²) in [4.78, 5) is 38.3. The Balaban J connectivity index is 1.51. The molecule has 3 rings (SSSR count). The molecule has 1 aliphatic heterocycles. The maximum atomic E-state index is 12.4. The molecule has 0 radical (unpaired) electrons. The molecule has 2 aromatic rings. The summed E-state index contributed by atoms with van der Waals surface area (Å²) >= 11 is 0. The van der Waals surface area contributed by atoms with Crippen LogP contribution in [-0.2, 0) is 25.7 Å². The van der Waals surface area contributed by atoms with Gasteiger partial charge in [0, 0.05) is 13.0 Å². The second-order valence-electron chi connectivity index (χ2n) is 6.67. The lowest BCUT2D eigenvalue weighted by Crippen LogP contribution is -2.36. The first-order chi connectivity index (χ1) is 14.1. The predicted octanol–water partition coefficient (Wildman–Crippen LogP) is 2.30. The van der Waals surface area contributed by atoms with Crippen molar-refractivity contribution >= 4 is 23.5 Å². The molecule has 0 saturated carbocycles. The van der Waals surface area contributed by atoms with Crippen molar-refractivity contribution in [1.29, 1.82) is 0 Å². The van der Waals surface area contributed by atoms with Gasteiger partial charge in [0.15, 0.2) is 0 Å². The third-order valence-electron chi connectivity index (χ3n) is 4.60. The minimum absolute atomic E-state index is 0.0886. The summed E-state index contributed by atoms with van der Waals surface area (Å²) in [5, 5.41) is 2.57. The standard InChI is InChI=1S/C22H24N2O5/c1-2-28-19-11-7-6-10-18(19)24-14-17(12-20(24)25)22(27)23-13-21(26)29-15-16-8-4-3-5-9-16/h3-11,17H,2,12-15H2,1H3,(H,23,27)/t17-/m1/s1. The Labute approximate surface area is 169 Å². The molecular weight excluding hydrogens is 372 g/mol. The molecule has 2 amide bonds. The quantitative estimate of drug-likeness (QED) is 0.692. The fourth-order valence-electron chi connectivity index (χ4n) is 3.17. The highest BCUT2D eigenvalue weighted by atomic mass is 16.5. The van der Waals surface area contributed by atoms with E-state index in [4.69, 9.17) is 9.47 Å². The van der Waals surface area contributed by atoms with Gasteiger partial charge in [0.25, 0.3) is 0 Å². The number of hydrogen-bond acceptors (Lipinski definition) is 5. The van der Waals surface area contributed by atoms with Gasteiger partial charge in [0.2, 0.25) is 11.8 Å². The molecule has 1 aliphatic rings. The molecule has 1 fully saturated rings. The van der Waals surface area contributed by atoms with Crippen LogP contribution in [0.5, 0.6) is 5.75 Å². The van der Waals surface area contributed by atoms with E-state index in [-0.39, 0.29) is 37.9 Å². The molecule has 2 aromatic carbocycles. The minimum atomic E-state index is -0.529. The first-order valence-corrected chi connectivity index (χ1v) is 9.58. The van der Waals surface area contributed by atoms with E-state index in [0.29, 0.717) is 18.0 Å². The van der Waals surface area contributed by atoms with Crippen LogP contribution in [0.15, 0.2) is 54.6 Å². The van der Waals surface area contributed by atoms with Gasteiger partial charge in [-0.25, -0.2) is 0 Å². The number of nitrogens with one attached hydrogen (secondary N) is 1. The monoisotopic (exact) mass is 396 g/mol. The number of carbonyl (C=O) groups excluding carboxylic acids is 3. The summed E-state index contributed by atoms with van der Waals surface area (Å²) in [6.07, 6.45) is 0.0886. The van der Waals surface area contributed by atoms with E-state index in [2.05, 4.69) is 5.32 Å². The van der Waals surface area contributed by atoms with E-state index < -0.39 is 11.9 Å². The van der Waals surface area contributed by atoms with Crippen molar-refractivity contribution < 1.29 is 23.9 Å². The Morgan fingerprint density at radius 3 is 2.59 bits per heavy atom. The van der Waals surface area contributed by atoms with Crippen molar-refractivity contribution in [3.8, 4) is 5.75 Å². The fourth-order valence-corrected chi connectivity index (χ4v) is 3.17. The maximum Gasteiger partial charge on any atom is 0.325 e. The van der Waals surface area contributed by atoms with Crippen LogP contribution >= 0.6 is 0 Å². The molecule has 0 aliphatic carbocycles. The Kier molecular flexibility index (Phi) is 6.84. The average molecular weight is 396 g/mol. The van der Waals surface area contributed by atoms with Gasteiger partial charge in [-0.1, -0.05) is 42.5 Å². The zero-order valence-electron chi connectivity index (χ0n) is 16.3. The van der Waals surface area contributed by atoms with E-state index in [1.807, 2.05) is 49.4 Å². The van der Waals surface area contributed by atoms with Crippen molar-refractivity contribution in [1.82, 2.24) is 5.32 Å². The van der Waals surface area contributed by atoms with Crippen LogP contribution in [0.4, 0.5) is 5.69 Å². The van der Waals surface area contributed by atoms with E-state index in [1.54, 1.807) is 17.0 Å². The molecule has 152 valence electrons. The van der Waals surface area contributed by atoms with Gasteiger partial charge in [-0.2, -0.15) is 0 Å². The molecular formula is C22H24N2O5.